The molecule has 0 amide bonds. The van der Waals surface area contributed by atoms with E-state index in [-0.39, 0.29) is 0 Å². The molecule has 0 spiro atoms. The number of fused-ring (bicyclic) bond motifs is 1. The average Bonchev–Trinajstić information content (AvgIpc) is 2.19. The Hall–Kier alpha value is 0.400. The van der Waals surface area contributed by atoms with Crippen molar-refractivity contribution >= 4 is 15.9 Å². The van der Waals surface area contributed by atoms with Crippen LogP contribution in [0, 0.1) is 0 Å². The minimum atomic E-state index is 0.543. The molecule has 1 saturated carbocycles. The molecule has 13 heavy (non-hydrogen) atoms. The Balaban J connectivity index is 1.94. The van der Waals surface area contributed by atoms with Crippen LogP contribution in [0.1, 0.15) is 25.7 Å². The molecular weight excluding hydrogens is 230 g/mol. The Morgan fingerprint density at radius 3 is 3.00 bits per heavy atom. The van der Waals surface area contributed by atoms with Crippen LogP contribution >= 0.6 is 15.9 Å². The summed E-state index contributed by atoms with van der Waals surface area (Å²) in [6.07, 6.45) is 5.93. The van der Waals surface area contributed by atoms with Crippen LogP contribution in [0.2, 0.25) is 0 Å². The summed E-state index contributed by atoms with van der Waals surface area (Å²) in [5.41, 5.74) is 0. The minimum absolute atomic E-state index is 0.543. The highest BCUT2D eigenvalue weighted by Crippen LogP contribution is 2.28. The molecule has 2 atom stereocenters. The van der Waals surface area contributed by atoms with Crippen LogP contribution in [0.4, 0.5) is 0 Å². The zero-order chi connectivity index (χ0) is 9.10. The minimum Gasteiger partial charge on any atom is -0.375 e. The van der Waals surface area contributed by atoms with Gasteiger partial charge < -0.3 is 4.74 Å². The van der Waals surface area contributed by atoms with E-state index in [0.29, 0.717) is 6.10 Å². The van der Waals surface area contributed by atoms with Crippen molar-refractivity contribution in [2.75, 3.05) is 25.0 Å². The number of hydrogen-bond acceptors (Lipinski definition) is 2. The Labute approximate surface area is 88.8 Å². The van der Waals surface area contributed by atoms with Crippen LogP contribution in [0.15, 0.2) is 0 Å². The number of rotatable bonds is 2. The smallest absolute Gasteiger partial charge is 0.0730 e. The molecule has 1 aliphatic carbocycles. The fourth-order valence-electron chi connectivity index (χ4n) is 2.56. The van der Waals surface area contributed by atoms with E-state index in [0.717, 1.165) is 24.5 Å². The van der Waals surface area contributed by atoms with E-state index < -0.39 is 0 Å². The molecule has 3 heteroatoms. The summed E-state index contributed by atoms with van der Waals surface area (Å²) in [6.45, 7) is 3.26. The van der Waals surface area contributed by atoms with Gasteiger partial charge in [0.15, 0.2) is 0 Å². The van der Waals surface area contributed by atoms with Gasteiger partial charge >= 0.3 is 0 Å². The highest BCUT2D eigenvalue weighted by atomic mass is 79.9. The van der Waals surface area contributed by atoms with Gasteiger partial charge in [0.2, 0.25) is 0 Å². The zero-order valence-electron chi connectivity index (χ0n) is 8.04. The molecule has 0 aromatic carbocycles. The standard InChI is InChI=1S/C10H18BrNO/c11-5-6-12-7-8-13-10-4-2-1-3-9(10)12/h9-10H,1-8H2. The topological polar surface area (TPSA) is 12.5 Å². The monoisotopic (exact) mass is 247 g/mol. The van der Waals surface area contributed by atoms with Gasteiger partial charge in [-0.3, -0.25) is 4.90 Å². The van der Waals surface area contributed by atoms with Crippen LogP contribution in [-0.2, 0) is 4.74 Å². The summed E-state index contributed by atoms with van der Waals surface area (Å²) < 4.78 is 5.80. The van der Waals surface area contributed by atoms with E-state index >= 15 is 0 Å². The third kappa shape index (κ3) is 2.25. The fraction of sp³-hybridized carbons (Fsp3) is 1.00. The van der Waals surface area contributed by atoms with Crippen molar-refractivity contribution in [1.82, 2.24) is 4.90 Å². The molecule has 0 N–H and O–H groups in total. The van der Waals surface area contributed by atoms with E-state index in [2.05, 4.69) is 20.8 Å². The highest BCUT2D eigenvalue weighted by molar-refractivity contribution is 9.09. The Morgan fingerprint density at radius 1 is 1.31 bits per heavy atom. The fourth-order valence-corrected chi connectivity index (χ4v) is 3.02. The summed E-state index contributed by atoms with van der Waals surface area (Å²) in [4.78, 5) is 2.60. The first-order valence-corrected chi connectivity index (χ1v) is 6.45. The van der Waals surface area contributed by atoms with Crippen LogP contribution < -0.4 is 0 Å². The maximum Gasteiger partial charge on any atom is 0.0730 e. The summed E-state index contributed by atoms with van der Waals surface area (Å²) in [6, 6.07) is 0.722. The quantitative estimate of drug-likeness (QED) is 0.693. The number of halogens is 1. The first kappa shape index (κ1) is 9.94. The number of nitrogens with zero attached hydrogens (tertiary/aromatic N) is 1. The Morgan fingerprint density at radius 2 is 2.15 bits per heavy atom. The average molecular weight is 248 g/mol. The highest BCUT2D eigenvalue weighted by Gasteiger charge is 2.33. The summed E-state index contributed by atoms with van der Waals surface area (Å²) in [5.74, 6) is 0. The molecule has 2 nitrogen and oxygen atoms in total. The molecule has 2 unspecified atom stereocenters. The van der Waals surface area contributed by atoms with E-state index in [4.69, 9.17) is 4.74 Å². The van der Waals surface area contributed by atoms with E-state index in [1.165, 1.54) is 32.2 Å². The van der Waals surface area contributed by atoms with Gasteiger partial charge in [-0.15, -0.1) is 0 Å². The molecule has 0 aromatic heterocycles. The molecule has 76 valence electrons. The number of alkyl halides is 1. The SMILES string of the molecule is BrCCN1CCOC2CCCCC21. The van der Waals surface area contributed by atoms with Gasteiger partial charge in [-0.05, 0) is 12.8 Å². The third-order valence-corrected chi connectivity index (χ3v) is 3.57. The predicted molar refractivity (Wildman–Crippen MR) is 57.4 cm³/mol. The number of morpholine rings is 1. The summed E-state index contributed by atoms with van der Waals surface area (Å²) in [7, 11) is 0. The third-order valence-electron chi connectivity index (χ3n) is 3.22. The first-order chi connectivity index (χ1) is 6.42. The Kier molecular flexibility index (Phi) is 3.64. The van der Waals surface area contributed by atoms with E-state index in [9.17, 15) is 0 Å². The lowest BCUT2D eigenvalue weighted by Crippen LogP contribution is -2.53. The van der Waals surface area contributed by atoms with Gasteiger partial charge in [0.1, 0.15) is 0 Å². The molecule has 2 rings (SSSR count). The second-order valence-corrected chi connectivity index (χ2v) is 4.78. The Bertz CT molecular complexity index is 161. The van der Waals surface area contributed by atoms with Crippen molar-refractivity contribution in [2.24, 2.45) is 0 Å². The predicted octanol–water partition coefficient (Wildman–Crippen LogP) is 2.02. The maximum absolute atomic E-state index is 5.80. The van der Waals surface area contributed by atoms with Crippen LogP contribution in [0.3, 0.4) is 0 Å². The molecule has 0 aromatic rings. The van der Waals surface area contributed by atoms with Gasteiger partial charge in [0.25, 0.3) is 0 Å². The number of hydrogen-bond donors (Lipinski definition) is 0. The lowest BCUT2D eigenvalue weighted by molar-refractivity contribution is -0.0857. The van der Waals surface area contributed by atoms with Gasteiger partial charge in [0, 0.05) is 24.5 Å². The second-order valence-electron chi connectivity index (χ2n) is 3.99. The molecule has 1 heterocycles. The van der Waals surface area contributed by atoms with Crippen molar-refractivity contribution in [1.29, 1.82) is 0 Å². The molecule has 1 aliphatic heterocycles. The van der Waals surface area contributed by atoms with Crippen molar-refractivity contribution < 1.29 is 4.74 Å². The molecule has 0 bridgehead atoms. The van der Waals surface area contributed by atoms with Crippen LogP contribution in [0.5, 0.6) is 0 Å². The largest absolute Gasteiger partial charge is 0.375 e. The lowest BCUT2D eigenvalue weighted by atomic mass is 9.90. The van der Waals surface area contributed by atoms with Gasteiger partial charge in [-0.1, -0.05) is 28.8 Å². The first-order valence-electron chi connectivity index (χ1n) is 5.33. The molecule has 0 radical (unpaired) electrons. The van der Waals surface area contributed by atoms with Crippen molar-refractivity contribution in [3.8, 4) is 0 Å². The van der Waals surface area contributed by atoms with E-state index in [1.54, 1.807) is 0 Å². The maximum atomic E-state index is 5.80. The van der Waals surface area contributed by atoms with Gasteiger partial charge in [-0.2, -0.15) is 0 Å². The van der Waals surface area contributed by atoms with Crippen molar-refractivity contribution in [3.63, 3.8) is 0 Å². The normalized spacial score (nSPS) is 35.8. The van der Waals surface area contributed by atoms with Crippen LogP contribution in [-0.4, -0.2) is 42.1 Å². The summed E-state index contributed by atoms with van der Waals surface area (Å²) in [5, 5.41) is 1.09. The van der Waals surface area contributed by atoms with Crippen molar-refractivity contribution in [3.05, 3.63) is 0 Å². The molecule has 2 fully saturated rings. The molecular formula is C10H18BrNO. The molecule has 2 aliphatic rings. The molecule has 1 saturated heterocycles. The van der Waals surface area contributed by atoms with Crippen molar-refractivity contribution in [2.45, 2.75) is 37.8 Å². The van der Waals surface area contributed by atoms with E-state index in [1.807, 2.05) is 0 Å². The van der Waals surface area contributed by atoms with Crippen LogP contribution in [0.25, 0.3) is 0 Å². The summed E-state index contributed by atoms with van der Waals surface area (Å²) >= 11 is 3.52. The second kappa shape index (κ2) is 4.76. The van der Waals surface area contributed by atoms with Gasteiger partial charge in [0.05, 0.1) is 12.7 Å². The van der Waals surface area contributed by atoms with Gasteiger partial charge in [-0.25, -0.2) is 0 Å². The lowest BCUT2D eigenvalue weighted by Gasteiger charge is -2.43. The zero-order valence-corrected chi connectivity index (χ0v) is 9.63. The number of ether oxygens (including phenoxy) is 1.